The van der Waals surface area contributed by atoms with E-state index in [2.05, 4.69) is 44.6 Å². The van der Waals surface area contributed by atoms with E-state index in [1.165, 1.54) is 37.9 Å². The van der Waals surface area contributed by atoms with Gasteiger partial charge in [-0.15, -0.1) is 11.3 Å². The summed E-state index contributed by atoms with van der Waals surface area (Å²) in [5.74, 6) is 1.49. The van der Waals surface area contributed by atoms with Gasteiger partial charge in [0.1, 0.15) is 5.01 Å². The number of methoxy groups -OCH3 is 2. The van der Waals surface area contributed by atoms with Gasteiger partial charge in [-0.05, 0) is 48.1 Å². The second kappa shape index (κ2) is 8.07. The Morgan fingerprint density at radius 1 is 1.19 bits per heavy atom. The number of aromatic nitrogens is 3. The molecule has 1 aliphatic rings. The molecule has 9 heteroatoms. The van der Waals surface area contributed by atoms with E-state index in [-0.39, 0.29) is 11.6 Å². The molecule has 3 aromatic heterocycles. The molecule has 7 nitrogen and oxygen atoms in total. The van der Waals surface area contributed by atoms with E-state index in [1.807, 2.05) is 6.92 Å². The van der Waals surface area contributed by atoms with Crippen LogP contribution in [0.4, 0.5) is 0 Å². The van der Waals surface area contributed by atoms with Gasteiger partial charge in [0.2, 0.25) is 4.96 Å². The minimum Gasteiger partial charge on any atom is -0.493 e. The van der Waals surface area contributed by atoms with Gasteiger partial charge in [0.25, 0.3) is 5.56 Å². The summed E-state index contributed by atoms with van der Waals surface area (Å²) < 4.78 is 12.5. The van der Waals surface area contributed by atoms with E-state index in [9.17, 15) is 4.79 Å². The summed E-state index contributed by atoms with van der Waals surface area (Å²) in [7, 11) is 3.33. The van der Waals surface area contributed by atoms with Crippen molar-refractivity contribution in [3.05, 3.63) is 72.8 Å². The smallest absolute Gasteiger partial charge is 0.275 e. The number of ether oxygens (including phenoxy) is 2. The molecule has 4 aromatic rings. The second-order valence-electron chi connectivity index (χ2n) is 7.47. The predicted octanol–water partition coefficient (Wildman–Crippen LogP) is 3.69. The third-order valence-corrected chi connectivity index (χ3v) is 7.36. The molecular weight excluding hydrogens is 432 g/mol. The zero-order chi connectivity index (χ0) is 21.5. The number of benzene rings is 1. The lowest BCUT2D eigenvalue weighted by atomic mass is 9.91. The molecule has 0 amide bonds. The molecule has 0 fully saturated rings. The van der Waals surface area contributed by atoms with Gasteiger partial charge >= 0.3 is 0 Å². The summed E-state index contributed by atoms with van der Waals surface area (Å²) in [5.41, 5.74) is 3.06. The van der Waals surface area contributed by atoms with Crippen molar-refractivity contribution >= 4 is 27.6 Å². The van der Waals surface area contributed by atoms with Crippen molar-refractivity contribution in [2.24, 2.45) is 0 Å². The van der Waals surface area contributed by atoms with E-state index in [0.29, 0.717) is 17.2 Å². The highest BCUT2D eigenvalue weighted by molar-refractivity contribution is 7.16. The number of aryl methyl sites for hydroxylation is 1. The third-order valence-electron chi connectivity index (χ3n) is 5.54. The standard InChI is InChI=1S/C22H22N4O3S2/c1-13-9-20(27)26-22(23-13)31-19(24-26)12-25-7-6-14-10-16(28-2)17(29-3)11-15(14)21(25)18-5-4-8-30-18/h4-5,8-11,21H,6-7,12H2,1-3H3. The van der Waals surface area contributed by atoms with Crippen LogP contribution in [-0.4, -0.2) is 40.3 Å². The Kier molecular flexibility index (Phi) is 5.25. The highest BCUT2D eigenvalue weighted by Gasteiger charge is 2.31. The van der Waals surface area contributed by atoms with Gasteiger partial charge in [-0.1, -0.05) is 17.4 Å². The lowest BCUT2D eigenvalue weighted by molar-refractivity contribution is 0.205. The minimum absolute atomic E-state index is 0.0852. The van der Waals surface area contributed by atoms with Gasteiger partial charge in [-0.3, -0.25) is 9.69 Å². The van der Waals surface area contributed by atoms with Gasteiger partial charge in [-0.25, -0.2) is 4.98 Å². The monoisotopic (exact) mass is 454 g/mol. The summed E-state index contributed by atoms with van der Waals surface area (Å²) in [6.07, 6.45) is 0.903. The maximum Gasteiger partial charge on any atom is 0.275 e. The van der Waals surface area contributed by atoms with Crippen molar-refractivity contribution in [3.63, 3.8) is 0 Å². The lowest BCUT2D eigenvalue weighted by Crippen LogP contribution is -2.35. The molecule has 160 valence electrons. The first-order valence-electron chi connectivity index (χ1n) is 9.96. The van der Waals surface area contributed by atoms with E-state index < -0.39 is 0 Å². The normalized spacial score (nSPS) is 16.4. The molecule has 0 aliphatic carbocycles. The van der Waals surface area contributed by atoms with Crippen LogP contribution in [0.2, 0.25) is 0 Å². The molecule has 1 atom stereocenters. The quantitative estimate of drug-likeness (QED) is 0.458. The van der Waals surface area contributed by atoms with Crippen molar-refractivity contribution < 1.29 is 9.47 Å². The van der Waals surface area contributed by atoms with E-state index in [0.717, 1.165) is 29.5 Å². The summed E-state index contributed by atoms with van der Waals surface area (Å²) in [6, 6.07) is 10.0. The summed E-state index contributed by atoms with van der Waals surface area (Å²) in [6.45, 7) is 3.35. The molecule has 4 heterocycles. The molecule has 0 saturated carbocycles. The molecular formula is C22H22N4O3S2. The molecule has 1 aromatic carbocycles. The molecule has 0 N–H and O–H groups in total. The van der Waals surface area contributed by atoms with Crippen LogP contribution < -0.4 is 15.0 Å². The van der Waals surface area contributed by atoms with Gasteiger partial charge in [-0.2, -0.15) is 9.61 Å². The summed E-state index contributed by atoms with van der Waals surface area (Å²) >= 11 is 3.21. The summed E-state index contributed by atoms with van der Waals surface area (Å²) in [4.78, 5) is 21.1. The Morgan fingerprint density at radius 3 is 2.74 bits per heavy atom. The van der Waals surface area contributed by atoms with Gasteiger partial charge in [0.15, 0.2) is 11.5 Å². The Balaban J connectivity index is 1.56. The molecule has 0 bridgehead atoms. The van der Waals surface area contributed by atoms with Crippen molar-refractivity contribution in [3.8, 4) is 11.5 Å². The Bertz CT molecular complexity index is 1300. The Morgan fingerprint density at radius 2 is 2.00 bits per heavy atom. The van der Waals surface area contributed by atoms with Crippen molar-refractivity contribution in [2.45, 2.75) is 25.9 Å². The zero-order valence-electron chi connectivity index (χ0n) is 17.5. The van der Waals surface area contributed by atoms with Crippen LogP contribution >= 0.6 is 22.7 Å². The van der Waals surface area contributed by atoms with Crippen LogP contribution in [0.5, 0.6) is 11.5 Å². The van der Waals surface area contributed by atoms with Gasteiger partial charge in [0, 0.05) is 23.2 Å². The van der Waals surface area contributed by atoms with Crippen LogP contribution in [0.15, 0.2) is 40.5 Å². The molecule has 0 radical (unpaired) electrons. The van der Waals surface area contributed by atoms with Crippen molar-refractivity contribution in [2.75, 3.05) is 20.8 Å². The molecule has 0 saturated heterocycles. The van der Waals surface area contributed by atoms with Gasteiger partial charge in [0.05, 0.1) is 26.8 Å². The highest BCUT2D eigenvalue weighted by Crippen LogP contribution is 2.42. The van der Waals surface area contributed by atoms with E-state index in [1.54, 1.807) is 25.6 Å². The molecule has 1 unspecified atom stereocenters. The molecule has 0 spiro atoms. The van der Waals surface area contributed by atoms with Crippen LogP contribution in [0.25, 0.3) is 4.96 Å². The number of nitrogens with zero attached hydrogens (tertiary/aromatic N) is 4. The number of hydrogen-bond donors (Lipinski definition) is 0. The minimum atomic E-state index is -0.138. The Labute approximate surface area is 187 Å². The fourth-order valence-electron chi connectivity index (χ4n) is 4.15. The largest absolute Gasteiger partial charge is 0.493 e. The lowest BCUT2D eigenvalue weighted by Gasteiger charge is -2.36. The predicted molar refractivity (Wildman–Crippen MR) is 122 cm³/mol. The average Bonchev–Trinajstić information content (AvgIpc) is 3.42. The number of hydrogen-bond acceptors (Lipinski definition) is 8. The fraction of sp³-hybridized carbons (Fsp3) is 0.318. The number of rotatable bonds is 5. The zero-order valence-corrected chi connectivity index (χ0v) is 19.1. The highest BCUT2D eigenvalue weighted by atomic mass is 32.1. The van der Waals surface area contributed by atoms with Crippen LogP contribution in [0.1, 0.15) is 32.7 Å². The van der Waals surface area contributed by atoms with Crippen molar-refractivity contribution in [1.82, 2.24) is 19.5 Å². The maximum absolute atomic E-state index is 12.3. The first-order valence-corrected chi connectivity index (χ1v) is 11.7. The van der Waals surface area contributed by atoms with Crippen molar-refractivity contribution in [1.29, 1.82) is 0 Å². The average molecular weight is 455 g/mol. The maximum atomic E-state index is 12.3. The third kappa shape index (κ3) is 3.62. The first kappa shape index (κ1) is 20.2. The van der Waals surface area contributed by atoms with E-state index >= 15 is 0 Å². The number of fused-ring (bicyclic) bond motifs is 2. The first-order chi connectivity index (χ1) is 15.1. The van der Waals surface area contributed by atoms with Gasteiger partial charge < -0.3 is 9.47 Å². The molecule has 1 aliphatic heterocycles. The SMILES string of the molecule is COc1cc2c(cc1OC)C(c1cccs1)N(Cc1nn3c(=O)cc(C)nc3s1)CC2. The van der Waals surface area contributed by atoms with Crippen LogP contribution in [0, 0.1) is 6.92 Å². The Hall–Kier alpha value is -2.75. The van der Waals surface area contributed by atoms with E-state index in [4.69, 9.17) is 9.47 Å². The second-order valence-corrected chi connectivity index (χ2v) is 9.49. The summed E-state index contributed by atoms with van der Waals surface area (Å²) in [5, 5.41) is 7.54. The topological polar surface area (TPSA) is 69.0 Å². The van der Waals surface area contributed by atoms with Crippen LogP contribution in [-0.2, 0) is 13.0 Å². The molecule has 31 heavy (non-hydrogen) atoms. The molecule has 5 rings (SSSR count). The fourth-order valence-corrected chi connectivity index (χ4v) is 5.99. The van der Waals surface area contributed by atoms with Crippen LogP contribution in [0.3, 0.4) is 0 Å². The number of thiophene rings is 1.